The Labute approximate surface area is 119 Å². The van der Waals surface area contributed by atoms with Gasteiger partial charge in [0.1, 0.15) is 5.70 Å². The number of halogens is 2. The Morgan fingerprint density at radius 1 is 1.14 bits per heavy atom. The van der Waals surface area contributed by atoms with Gasteiger partial charge in [-0.2, -0.15) is 4.39 Å². The highest BCUT2D eigenvalue weighted by atomic mass is 19.2. The van der Waals surface area contributed by atoms with Gasteiger partial charge in [-0.05, 0) is 12.1 Å². The van der Waals surface area contributed by atoms with Crippen LogP contribution in [0.3, 0.4) is 0 Å². The molecule has 6 nitrogen and oxygen atoms in total. The van der Waals surface area contributed by atoms with Gasteiger partial charge in [-0.25, -0.2) is 14.0 Å². The fourth-order valence-electron chi connectivity index (χ4n) is 1.41. The van der Waals surface area contributed by atoms with E-state index in [9.17, 15) is 18.4 Å². The van der Waals surface area contributed by atoms with E-state index in [4.69, 9.17) is 4.74 Å². The molecule has 1 aromatic rings. The molecule has 0 aliphatic heterocycles. The standard InChI is InChI=1S/C13H13F2NO5/c1-19-10(17)6-9(13(18)21-3)16-8-5-4-7(14)11(15)12(8)20-2/h4-6,16H,1-3H3/b9-6+. The molecule has 21 heavy (non-hydrogen) atoms. The zero-order chi connectivity index (χ0) is 16.0. The molecule has 0 atom stereocenters. The minimum atomic E-state index is -1.23. The molecule has 0 unspecified atom stereocenters. The molecule has 1 N–H and O–H groups in total. The second kappa shape index (κ2) is 7.22. The summed E-state index contributed by atoms with van der Waals surface area (Å²) in [5.74, 6) is -4.52. The fourth-order valence-corrected chi connectivity index (χ4v) is 1.41. The van der Waals surface area contributed by atoms with Gasteiger partial charge in [0.15, 0.2) is 11.6 Å². The fraction of sp³-hybridized carbons (Fsp3) is 0.231. The Kier molecular flexibility index (Phi) is 5.65. The molecule has 0 spiro atoms. The van der Waals surface area contributed by atoms with Crippen LogP contribution in [-0.4, -0.2) is 33.3 Å². The van der Waals surface area contributed by atoms with Crippen LogP contribution in [-0.2, 0) is 19.1 Å². The third-order valence-corrected chi connectivity index (χ3v) is 2.39. The number of methoxy groups -OCH3 is 3. The summed E-state index contributed by atoms with van der Waals surface area (Å²) in [7, 11) is 3.34. The number of esters is 2. The summed E-state index contributed by atoms with van der Waals surface area (Å²) in [5, 5.41) is 2.44. The van der Waals surface area contributed by atoms with E-state index in [0.29, 0.717) is 0 Å². The van der Waals surface area contributed by atoms with Crippen molar-refractivity contribution in [2.24, 2.45) is 0 Å². The first kappa shape index (κ1) is 16.4. The molecule has 0 aromatic heterocycles. The Bertz CT molecular complexity index is 586. The summed E-state index contributed by atoms with van der Waals surface area (Å²) in [4.78, 5) is 22.7. The molecule has 0 aliphatic rings. The molecule has 0 heterocycles. The van der Waals surface area contributed by atoms with Gasteiger partial charge in [0.2, 0.25) is 5.82 Å². The van der Waals surface area contributed by atoms with Crippen molar-refractivity contribution in [2.75, 3.05) is 26.6 Å². The molecule has 0 fully saturated rings. The van der Waals surface area contributed by atoms with Crippen LogP contribution in [0.4, 0.5) is 14.5 Å². The van der Waals surface area contributed by atoms with Crippen molar-refractivity contribution < 1.29 is 32.6 Å². The predicted molar refractivity (Wildman–Crippen MR) is 68.6 cm³/mol. The Balaban J connectivity index is 3.21. The van der Waals surface area contributed by atoms with Crippen LogP contribution in [0.5, 0.6) is 5.75 Å². The second-order valence-electron chi connectivity index (χ2n) is 3.64. The topological polar surface area (TPSA) is 73.9 Å². The number of hydrogen-bond donors (Lipinski definition) is 1. The SMILES string of the molecule is COC(=O)/C=C(/Nc1ccc(F)c(F)c1OC)C(=O)OC. The van der Waals surface area contributed by atoms with Crippen LogP contribution in [0.25, 0.3) is 0 Å². The van der Waals surface area contributed by atoms with Gasteiger partial charge in [-0.15, -0.1) is 0 Å². The third-order valence-electron chi connectivity index (χ3n) is 2.39. The lowest BCUT2D eigenvalue weighted by Gasteiger charge is -2.13. The highest BCUT2D eigenvalue weighted by Gasteiger charge is 2.18. The van der Waals surface area contributed by atoms with Gasteiger partial charge < -0.3 is 19.5 Å². The van der Waals surface area contributed by atoms with Crippen molar-refractivity contribution in [3.8, 4) is 5.75 Å². The highest BCUT2D eigenvalue weighted by Crippen LogP contribution is 2.30. The van der Waals surface area contributed by atoms with Crippen LogP contribution in [0.1, 0.15) is 0 Å². The van der Waals surface area contributed by atoms with Crippen molar-refractivity contribution >= 4 is 17.6 Å². The number of anilines is 1. The summed E-state index contributed by atoms with van der Waals surface area (Å²) in [6.07, 6.45) is 0.812. The lowest BCUT2D eigenvalue weighted by Crippen LogP contribution is -2.16. The lowest BCUT2D eigenvalue weighted by molar-refractivity contribution is -0.138. The maximum Gasteiger partial charge on any atom is 0.354 e. The average Bonchev–Trinajstić information content (AvgIpc) is 2.49. The molecule has 8 heteroatoms. The highest BCUT2D eigenvalue weighted by molar-refractivity contribution is 5.99. The van der Waals surface area contributed by atoms with Gasteiger partial charge >= 0.3 is 11.9 Å². The van der Waals surface area contributed by atoms with Crippen molar-refractivity contribution in [1.82, 2.24) is 0 Å². The van der Waals surface area contributed by atoms with E-state index in [0.717, 1.165) is 39.5 Å². The van der Waals surface area contributed by atoms with Gasteiger partial charge in [0.05, 0.1) is 33.1 Å². The molecule has 0 bridgehead atoms. The van der Waals surface area contributed by atoms with Crippen LogP contribution >= 0.6 is 0 Å². The first-order chi connectivity index (χ1) is 9.94. The number of hydrogen-bond acceptors (Lipinski definition) is 6. The quantitative estimate of drug-likeness (QED) is 0.658. The minimum Gasteiger partial charge on any atom is -0.491 e. The summed E-state index contributed by atoms with van der Waals surface area (Å²) >= 11 is 0. The Hall–Kier alpha value is -2.64. The number of carbonyl (C=O) groups is 2. The summed E-state index contributed by atoms with van der Waals surface area (Å²) in [6, 6.07) is 1.98. The predicted octanol–water partition coefficient (Wildman–Crippen LogP) is 1.62. The minimum absolute atomic E-state index is 0.0584. The van der Waals surface area contributed by atoms with Gasteiger partial charge in [0, 0.05) is 0 Å². The normalized spacial score (nSPS) is 10.8. The van der Waals surface area contributed by atoms with Crippen LogP contribution in [0.2, 0.25) is 0 Å². The first-order valence-electron chi connectivity index (χ1n) is 5.61. The lowest BCUT2D eigenvalue weighted by atomic mass is 10.2. The van der Waals surface area contributed by atoms with E-state index in [2.05, 4.69) is 14.8 Å². The largest absolute Gasteiger partial charge is 0.491 e. The van der Waals surface area contributed by atoms with Crippen LogP contribution < -0.4 is 10.1 Å². The summed E-state index contributed by atoms with van der Waals surface area (Å²) in [6.45, 7) is 0. The second-order valence-corrected chi connectivity index (χ2v) is 3.64. The van der Waals surface area contributed by atoms with E-state index in [1.54, 1.807) is 0 Å². The maximum atomic E-state index is 13.6. The molecule has 1 aromatic carbocycles. The molecule has 0 amide bonds. The summed E-state index contributed by atoms with van der Waals surface area (Å²) in [5.41, 5.74) is -0.384. The first-order valence-corrected chi connectivity index (χ1v) is 5.61. The molecule has 1 rings (SSSR count). The van der Waals surface area contributed by atoms with Crippen molar-refractivity contribution in [3.63, 3.8) is 0 Å². The van der Waals surface area contributed by atoms with E-state index in [1.165, 1.54) is 0 Å². The average molecular weight is 301 g/mol. The van der Waals surface area contributed by atoms with Crippen molar-refractivity contribution in [1.29, 1.82) is 0 Å². The molecule has 0 radical (unpaired) electrons. The van der Waals surface area contributed by atoms with Crippen LogP contribution in [0.15, 0.2) is 23.9 Å². The molecular formula is C13H13F2NO5. The molecule has 0 saturated heterocycles. The molecule has 0 saturated carbocycles. The van der Waals surface area contributed by atoms with E-state index in [-0.39, 0.29) is 11.4 Å². The number of ether oxygens (including phenoxy) is 3. The van der Waals surface area contributed by atoms with Crippen molar-refractivity contribution in [3.05, 3.63) is 35.5 Å². The van der Waals surface area contributed by atoms with E-state index < -0.39 is 29.3 Å². The van der Waals surface area contributed by atoms with Gasteiger partial charge in [-0.1, -0.05) is 0 Å². The van der Waals surface area contributed by atoms with Crippen LogP contribution in [0, 0.1) is 11.6 Å². The number of rotatable bonds is 5. The molecule has 114 valence electrons. The third kappa shape index (κ3) is 3.91. The number of benzene rings is 1. The van der Waals surface area contributed by atoms with Crippen molar-refractivity contribution in [2.45, 2.75) is 0 Å². The summed E-state index contributed by atoms with van der Waals surface area (Å²) < 4.78 is 40.3. The van der Waals surface area contributed by atoms with Gasteiger partial charge in [-0.3, -0.25) is 0 Å². The molecule has 0 aliphatic carbocycles. The van der Waals surface area contributed by atoms with E-state index in [1.807, 2.05) is 0 Å². The van der Waals surface area contributed by atoms with E-state index >= 15 is 0 Å². The Morgan fingerprint density at radius 2 is 1.81 bits per heavy atom. The Morgan fingerprint density at radius 3 is 2.33 bits per heavy atom. The van der Waals surface area contributed by atoms with Gasteiger partial charge in [0.25, 0.3) is 0 Å². The maximum absolute atomic E-state index is 13.6. The number of nitrogens with one attached hydrogen (secondary N) is 1. The zero-order valence-corrected chi connectivity index (χ0v) is 11.5. The smallest absolute Gasteiger partial charge is 0.354 e. The monoisotopic (exact) mass is 301 g/mol. The number of carbonyl (C=O) groups excluding carboxylic acids is 2. The zero-order valence-electron chi connectivity index (χ0n) is 11.5. The molecular weight excluding hydrogens is 288 g/mol.